The average Bonchev–Trinajstić information content (AvgIpc) is 2.82. The van der Waals surface area contributed by atoms with Gasteiger partial charge in [0.15, 0.2) is 0 Å². The molecule has 0 saturated heterocycles. The first kappa shape index (κ1) is 14.5. The van der Waals surface area contributed by atoms with Crippen LogP contribution in [0.1, 0.15) is 27.7 Å². The van der Waals surface area contributed by atoms with E-state index in [4.69, 9.17) is 5.11 Å². The predicted octanol–water partition coefficient (Wildman–Crippen LogP) is 1.70. The number of rotatable bonds is 3. The molecule has 0 aliphatic heterocycles. The van der Waals surface area contributed by atoms with E-state index in [0.29, 0.717) is 13.0 Å². The Kier molecular flexibility index (Phi) is 4.72. The van der Waals surface area contributed by atoms with E-state index in [9.17, 15) is 4.79 Å². The summed E-state index contributed by atoms with van der Waals surface area (Å²) in [6, 6.07) is 5.45. The second-order valence-electron chi connectivity index (χ2n) is 4.41. The zero-order valence-corrected chi connectivity index (χ0v) is 12.3. The highest BCUT2D eigenvalue weighted by Crippen LogP contribution is 2.16. The fraction of sp³-hybridized carbons (Fsp3) is 0.333. The molecular formula is C15H16N2O2S. The Balaban J connectivity index is 2.20. The van der Waals surface area contributed by atoms with Gasteiger partial charge >= 0.3 is 0 Å². The predicted molar refractivity (Wildman–Crippen MR) is 80.0 cm³/mol. The molecule has 0 aliphatic rings. The standard InChI is InChI=1S/C15H16N2O2S/c1-11-9-15(19)17(12(2)16-11)10-14-7-6-13(20-14)5-3-4-8-18/h6-7,9,18H,4,8,10H2,1-2H3. The molecule has 0 bridgehead atoms. The first-order valence-electron chi connectivity index (χ1n) is 6.33. The molecule has 0 spiro atoms. The molecule has 0 aromatic carbocycles. The van der Waals surface area contributed by atoms with Gasteiger partial charge in [0.2, 0.25) is 0 Å². The Hall–Kier alpha value is -1.90. The number of nitrogens with zero attached hydrogens (tertiary/aromatic N) is 2. The summed E-state index contributed by atoms with van der Waals surface area (Å²) in [5.74, 6) is 6.60. The summed E-state index contributed by atoms with van der Waals surface area (Å²) in [5.41, 5.74) is 0.710. The Morgan fingerprint density at radius 3 is 2.90 bits per heavy atom. The Morgan fingerprint density at radius 1 is 1.40 bits per heavy atom. The first-order chi connectivity index (χ1) is 9.60. The molecule has 0 saturated carbocycles. The molecule has 0 aliphatic carbocycles. The molecule has 2 aromatic heterocycles. The SMILES string of the molecule is Cc1cc(=O)n(Cc2ccc(C#CCCO)s2)c(C)n1. The molecule has 104 valence electrons. The van der Waals surface area contributed by atoms with E-state index in [2.05, 4.69) is 16.8 Å². The fourth-order valence-corrected chi connectivity index (χ4v) is 2.72. The van der Waals surface area contributed by atoms with Crippen LogP contribution in [-0.4, -0.2) is 21.3 Å². The van der Waals surface area contributed by atoms with Crippen molar-refractivity contribution in [1.82, 2.24) is 9.55 Å². The molecule has 2 heterocycles. The van der Waals surface area contributed by atoms with Crippen LogP contribution in [0.4, 0.5) is 0 Å². The van der Waals surface area contributed by atoms with Gasteiger partial charge in [-0.25, -0.2) is 4.98 Å². The van der Waals surface area contributed by atoms with Crippen LogP contribution >= 0.6 is 11.3 Å². The summed E-state index contributed by atoms with van der Waals surface area (Å²) in [7, 11) is 0. The highest BCUT2D eigenvalue weighted by atomic mass is 32.1. The Labute approximate surface area is 121 Å². The number of thiophene rings is 1. The third-order valence-corrected chi connectivity index (χ3v) is 3.74. The van der Waals surface area contributed by atoms with Crippen LogP contribution in [0.25, 0.3) is 0 Å². The number of hydrogen-bond donors (Lipinski definition) is 1. The molecule has 0 atom stereocenters. The monoisotopic (exact) mass is 288 g/mol. The van der Waals surface area contributed by atoms with E-state index in [1.807, 2.05) is 26.0 Å². The number of aliphatic hydroxyl groups is 1. The minimum Gasteiger partial charge on any atom is -0.395 e. The summed E-state index contributed by atoms with van der Waals surface area (Å²) in [6.45, 7) is 4.25. The molecule has 5 heteroatoms. The second kappa shape index (κ2) is 6.51. The van der Waals surface area contributed by atoms with E-state index < -0.39 is 0 Å². The normalized spacial score (nSPS) is 10.2. The number of aryl methyl sites for hydroxylation is 2. The lowest BCUT2D eigenvalue weighted by atomic mass is 10.3. The van der Waals surface area contributed by atoms with Crippen molar-refractivity contribution < 1.29 is 5.11 Å². The summed E-state index contributed by atoms with van der Waals surface area (Å²) < 4.78 is 1.66. The van der Waals surface area contributed by atoms with Crippen molar-refractivity contribution in [3.8, 4) is 11.8 Å². The van der Waals surface area contributed by atoms with Gasteiger partial charge in [-0.3, -0.25) is 9.36 Å². The third-order valence-electron chi connectivity index (χ3n) is 2.75. The molecule has 1 N–H and O–H groups in total. The van der Waals surface area contributed by atoms with Gasteiger partial charge in [-0.2, -0.15) is 0 Å². The van der Waals surface area contributed by atoms with Gasteiger partial charge in [-0.05, 0) is 26.0 Å². The van der Waals surface area contributed by atoms with Gasteiger partial charge in [-0.1, -0.05) is 11.8 Å². The van der Waals surface area contributed by atoms with Crippen molar-refractivity contribution >= 4 is 11.3 Å². The number of hydrogen-bond acceptors (Lipinski definition) is 4. The molecule has 2 rings (SSSR count). The Bertz CT molecular complexity index is 719. The molecule has 0 radical (unpaired) electrons. The molecule has 4 nitrogen and oxygen atoms in total. The smallest absolute Gasteiger partial charge is 0.254 e. The number of aliphatic hydroxyl groups excluding tert-OH is 1. The van der Waals surface area contributed by atoms with Gasteiger partial charge in [0.05, 0.1) is 18.0 Å². The van der Waals surface area contributed by atoms with Crippen molar-refractivity contribution in [2.45, 2.75) is 26.8 Å². The van der Waals surface area contributed by atoms with Crippen LogP contribution in [0.3, 0.4) is 0 Å². The zero-order valence-electron chi connectivity index (χ0n) is 11.5. The largest absolute Gasteiger partial charge is 0.395 e. The van der Waals surface area contributed by atoms with Crippen LogP contribution < -0.4 is 5.56 Å². The highest BCUT2D eigenvalue weighted by Gasteiger charge is 2.05. The topological polar surface area (TPSA) is 55.1 Å². The Morgan fingerprint density at radius 2 is 2.20 bits per heavy atom. The maximum absolute atomic E-state index is 12.0. The van der Waals surface area contributed by atoms with Crippen molar-refractivity contribution in [2.75, 3.05) is 6.61 Å². The van der Waals surface area contributed by atoms with E-state index in [0.717, 1.165) is 21.3 Å². The summed E-state index contributed by atoms with van der Waals surface area (Å²) >= 11 is 1.56. The van der Waals surface area contributed by atoms with Crippen LogP contribution in [0, 0.1) is 25.7 Å². The van der Waals surface area contributed by atoms with Gasteiger partial charge < -0.3 is 5.11 Å². The molecule has 20 heavy (non-hydrogen) atoms. The van der Waals surface area contributed by atoms with Crippen molar-refractivity contribution in [3.63, 3.8) is 0 Å². The van der Waals surface area contributed by atoms with Crippen molar-refractivity contribution in [3.05, 3.63) is 49.8 Å². The maximum atomic E-state index is 12.0. The van der Waals surface area contributed by atoms with E-state index >= 15 is 0 Å². The molecule has 2 aromatic rings. The average molecular weight is 288 g/mol. The van der Waals surface area contributed by atoms with Gasteiger partial charge in [0, 0.05) is 23.1 Å². The van der Waals surface area contributed by atoms with Crippen LogP contribution in [0.15, 0.2) is 23.0 Å². The fourth-order valence-electron chi connectivity index (χ4n) is 1.85. The minimum atomic E-state index is -0.0312. The maximum Gasteiger partial charge on any atom is 0.254 e. The number of aromatic nitrogens is 2. The van der Waals surface area contributed by atoms with E-state index in [1.54, 1.807) is 22.0 Å². The second-order valence-corrected chi connectivity index (χ2v) is 5.58. The van der Waals surface area contributed by atoms with Gasteiger partial charge in [0.25, 0.3) is 5.56 Å². The van der Waals surface area contributed by atoms with Crippen LogP contribution in [-0.2, 0) is 6.54 Å². The van der Waals surface area contributed by atoms with E-state index in [-0.39, 0.29) is 12.2 Å². The minimum absolute atomic E-state index is 0.0312. The van der Waals surface area contributed by atoms with Crippen molar-refractivity contribution in [1.29, 1.82) is 0 Å². The first-order valence-corrected chi connectivity index (χ1v) is 7.15. The lowest BCUT2D eigenvalue weighted by Gasteiger charge is -2.07. The van der Waals surface area contributed by atoms with Gasteiger partial charge in [0.1, 0.15) is 5.82 Å². The molecule has 0 unspecified atom stereocenters. The van der Waals surface area contributed by atoms with Crippen LogP contribution in [0.5, 0.6) is 0 Å². The zero-order chi connectivity index (χ0) is 14.5. The van der Waals surface area contributed by atoms with Gasteiger partial charge in [-0.15, -0.1) is 11.3 Å². The molecule has 0 amide bonds. The lowest BCUT2D eigenvalue weighted by molar-refractivity contribution is 0.305. The summed E-state index contributed by atoms with van der Waals surface area (Å²) in [4.78, 5) is 18.3. The quantitative estimate of drug-likeness (QED) is 0.875. The van der Waals surface area contributed by atoms with Crippen LogP contribution in [0.2, 0.25) is 0 Å². The molecule has 0 fully saturated rings. The lowest BCUT2D eigenvalue weighted by Crippen LogP contribution is -2.23. The van der Waals surface area contributed by atoms with E-state index in [1.165, 1.54) is 0 Å². The summed E-state index contributed by atoms with van der Waals surface area (Å²) in [6.07, 6.45) is 0.480. The van der Waals surface area contributed by atoms with Crippen molar-refractivity contribution in [2.24, 2.45) is 0 Å². The summed E-state index contributed by atoms with van der Waals surface area (Å²) in [5, 5.41) is 8.68. The third kappa shape index (κ3) is 3.56. The molecular weight excluding hydrogens is 272 g/mol. The highest BCUT2D eigenvalue weighted by molar-refractivity contribution is 7.12.